The van der Waals surface area contributed by atoms with Gasteiger partial charge < -0.3 is 11.1 Å². The summed E-state index contributed by atoms with van der Waals surface area (Å²) < 4.78 is 0. The summed E-state index contributed by atoms with van der Waals surface area (Å²) in [5, 5.41) is 10.3. The molecule has 1 heterocycles. The summed E-state index contributed by atoms with van der Waals surface area (Å²) in [5.74, 6) is -0.539. The minimum Gasteiger partial charge on any atom is -0.381 e. The third kappa shape index (κ3) is 2.62. The zero-order valence-electron chi connectivity index (χ0n) is 9.83. The van der Waals surface area contributed by atoms with Crippen molar-refractivity contribution in [1.29, 1.82) is 0 Å². The molecular formula is C12H13ClN4O. The van der Waals surface area contributed by atoms with Gasteiger partial charge in [0.2, 0.25) is 5.91 Å². The monoisotopic (exact) mass is 264 g/mol. The highest BCUT2D eigenvalue weighted by molar-refractivity contribution is 6.33. The van der Waals surface area contributed by atoms with E-state index in [1.165, 1.54) is 0 Å². The molecule has 1 aromatic carbocycles. The molecule has 2 aromatic rings. The summed E-state index contributed by atoms with van der Waals surface area (Å²) in [7, 11) is 0. The molecule has 5 nitrogen and oxygen atoms in total. The second kappa shape index (κ2) is 5.10. The van der Waals surface area contributed by atoms with Crippen LogP contribution in [0.15, 0.2) is 24.4 Å². The Labute approximate surface area is 109 Å². The van der Waals surface area contributed by atoms with Gasteiger partial charge in [-0.1, -0.05) is 11.6 Å². The Bertz CT molecular complexity index is 579. The molecule has 1 amide bonds. The minimum atomic E-state index is -0.539. The lowest BCUT2D eigenvalue weighted by Crippen LogP contribution is -2.12. The molecule has 0 atom stereocenters. The molecule has 94 valence electrons. The van der Waals surface area contributed by atoms with Crippen LogP contribution in [0, 0.1) is 6.92 Å². The number of amides is 1. The fourth-order valence-corrected chi connectivity index (χ4v) is 1.79. The van der Waals surface area contributed by atoms with Gasteiger partial charge in [0, 0.05) is 23.5 Å². The number of benzene rings is 1. The minimum absolute atomic E-state index is 0.311. The average Bonchev–Trinajstić information content (AvgIpc) is 2.73. The molecule has 1 aromatic heterocycles. The quantitative estimate of drug-likeness (QED) is 0.790. The van der Waals surface area contributed by atoms with Crippen LogP contribution >= 0.6 is 11.6 Å². The van der Waals surface area contributed by atoms with E-state index < -0.39 is 5.91 Å². The average molecular weight is 265 g/mol. The van der Waals surface area contributed by atoms with Crippen molar-refractivity contribution < 1.29 is 4.79 Å². The number of hydrogen-bond acceptors (Lipinski definition) is 3. The van der Waals surface area contributed by atoms with Crippen molar-refractivity contribution in [2.24, 2.45) is 5.73 Å². The molecule has 0 bridgehead atoms. The van der Waals surface area contributed by atoms with Gasteiger partial charge in [-0.3, -0.25) is 9.89 Å². The van der Waals surface area contributed by atoms with Crippen LogP contribution < -0.4 is 11.1 Å². The van der Waals surface area contributed by atoms with Crippen LogP contribution in [-0.4, -0.2) is 16.1 Å². The summed E-state index contributed by atoms with van der Waals surface area (Å²) in [5.41, 5.74) is 8.40. The van der Waals surface area contributed by atoms with Gasteiger partial charge in [0.25, 0.3) is 0 Å². The summed E-state index contributed by atoms with van der Waals surface area (Å²) in [4.78, 5) is 11.2. The molecule has 6 heteroatoms. The summed E-state index contributed by atoms with van der Waals surface area (Å²) >= 11 is 5.87. The van der Waals surface area contributed by atoms with Gasteiger partial charge in [-0.2, -0.15) is 5.10 Å². The van der Waals surface area contributed by atoms with Crippen LogP contribution in [0.25, 0.3) is 0 Å². The van der Waals surface area contributed by atoms with Crippen LogP contribution in [0.5, 0.6) is 0 Å². The number of nitrogens with two attached hydrogens (primary N) is 1. The van der Waals surface area contributed by atoms with Crippen molar-refractivity contribution in [3.8, 4) is 0 Å². The number of carbonyl (C=O) groups excluding carboxylic acids is 1. The van der Waals surface area contributed by atoms with Gasteiger partial charge >= 0.3 is 0 Å². The smallest absolute Gasteiger partial charge is 0.250 e. The Morgan fingerprint density at radius 3 is 2.94 bits per heavy atom. The molecule has 0 fully saturated rings. The maximum absolute atomic E-state index is 11.2. The van der Waals surface area contributed by atoms with Gasteiger partial charge in [-0.15, -0.1) is 0 Å². The first-order valence-electron chi connectivity index (χ1n) is 5.40. The maximum Gasteiger partial charge on any atom is 0.250 e. The molecule has 0 aliphatic heterocycles. The van der Waals surface area contributed by atoms with Crippen molar-refractivity contribution in [2.75, 3.05) is 5.32 Å². The number of nitrogens with one attached hydrogen (secondary N) is 2. The third-order valence-corrected chi connectivity index (χ3v) is 2.98. The zero-order valence-corrected chi connectivity index (χ0v) is 10.6. The fourth-order valence-electron chi connectivity index (χ4n) is 1.58. The topological polar surface area (TPSA) is 83.8 Å². The lowest BCUT2D eigenvalue weighted by molar-refractivity contribution is 0.100. The lowest BCUT2D eigenvalue weighted by atomic mass is 10.2. The number of halogens is 1. The second-order valence-electron chi connectivity index (χ2n) is 3.93. The normalized spacial score (nSPS) is 10.3. The van der Waals surface area contributed by atoms with E-state index in [9.17, 15) is 4.79 Å². The molecule has 4 N–H and O–H groups in total. The molecule has 0 saturated heterocycles. The molecule has 0 aliphatic carbocycles. The lowest BCUT2D eigenvalue weighted by Gasteiger charge is -2.08. The van der Waals surface area contributed by atoms with Crippen molar-refractivity contribution in [3.05, 3.63) is 46.2 Å². The highest BCUT2D eigenvalue weighted by Crippen LogP contribution is 2.20. The Balaban J connectivity index is 2.13. The first-order valence-corrected chi connectivity index (χ1v) is 5.78. The number of rotatable bonds is 4. The highest BCUT2D eigenvalue weighted by Gasteiger charge is 2.07. The van der Waals surface area contributed by atoms with E-state index in [0.29, 0.717) is 17.1 Å². The molecule has 0 aliphatic rings. The number of hydrogen-bond donors (Lipinski definition) is 3. The Kier molecular flexibility index (Phi) is 3.53. The molecule has 2 rings (SSSR count). The van der Waals surface area contributed by atoms with Crippen LogP contribution in [0.3, 0.4) is 0 Å². The number of primary amides is 1. The fraction of sp³-hybridized carbons (Fsp3) is 0.167. The predicted octanol–water partition coefficient (Wildman–Crippen LogP) is 2.08. The number of anilines is 1. The number of aromatic amines is 1. The number of carbonyl (C=O) groups is 1. The van der Waals surface area contributed by atoms with Crippen molar-refractivity contribution in [2.45, 2.75) is 13.5 Å². The number of aryl methyl sites for hydroxylation is 1. The standard InChI is InChI=1S/C12H13ClN4O/c1-7-8(6-16-17-7)5-15-9-2-3-11(13)10(4-9)12(14)18/h2-4,6,15H,5H2,1H3,(H2,14,18)(H,16,17). The molecule has 0 saturated carbocycles. The molecule has 18 heavy (non-hydrogen) atoms. The van der Waals surface area contributed by atoms with Crippen LogP contribution in [0.1, 0.15) is 21.6 Å². The van der Waals surface area contributed by atoms with E-state index in [2.05, 4.69) is 15.5 Å². The third-order valence-electron chi connectivity index (χ3n) is 2.65. The molecule has 0 spiro atoms. The van der Waals surface area contributed by atoms with Gasteiger partial charge in [-0.05, 0) is 25.1 Å². The van der Waals surface area contributed by atoms with Gasteiger partial charge in [0.15, 0.2) is 0 Å². The van der Waals surface area contributed by atoms with Crippen LogP contribution in [-0.2, 0) is 6.54 Å². The summed E-state index contributed by atoms with van der Waals surface area (Å²) in [6.45, 7) is 2.56. The van der Waals surface area contributed by atoms with Gasteiger partial charge in [0.1, 0.15) is 0 Å². The van der Waals surface area contributed by atoms with E-state index in [4.69, 9.17) is 17.3 Å². The van der Waals surface area contributed by atoms with Gasteiger partial charge in [0.05, 0.1) is 16.8 Å². The van der Waals surface area contributed by atoms with Gasteiger partial charge in [-0.25, -0.2) is 0 Å². The first-order chi connectivity index (χ1) is 8.58. The number of H-pyrrole nitrogens is 1. The zero-order chi connectivity index (χ0) is 13.1. The van der Waals surface area contributed by atoms with Crippen molar-refractivity contribution in [1.82, 2.24) is 10.2 Å². The SMILES string of the molecule is Cc1[nH]ncc1CNc1ccc(Cl)c(C(N)=O)c1. The highest BCUT2D eigenvalue weighted by atomic mass is 35.5. The molecule has 0 unspecified atom stereocenters. The predicted molar refractivity (Wildman–Crippen MR) is 70.6 cm³/mol. The van der Waals surface area contributed by atoms with E-state index in [0.717, 1.165) is 16.9 Å². The van der Waals surface area contributed by atoms with E-state index >= 15 is 0 Å². The molecular weight excluding hydrogens is 252 g/mol. The van der Waals surface area contributed by atoms with Crippen LogP contribution in [0.2, 0.25) is 5.02 Å². The van der Waals surface area contributed by atoms with Crippen molar-refractivity contribution in [3.63, 3.8) is 0 Å². The first kappa shape index (κ1) is 12.4. The largest absolute Gasteiger partial charge is 0.381 e. The Morgan fingerprint density at radius 1 is 1.56 bits per heavy atom. The van der Waals surface area contributed by atoms with E-state index in [1.54, 1.807) is 24.4 Å². The van der Waals surface area contributed by atoms with E-state index in [1.807, 2.05) is 6.92 Å². The van der Waals surface area contributed by atoms with Crippen molar-refractivity contribution >= 4 is 23.2 Å². The Morgan fingerprint density at radius 2 is 2.33 bits per heavy atom. The summed E-state index contributed by atoms with van der Waals surface area (Å²) in [6.07, 6.45) is 1.76. The maximum atomic E-state index is 11.2. The number of nitrogens with zero attached hydrogens (tertiary/aromatic N) is 1. The molecule has 0 radical (unpaired) electrons. The number of aromatic nitrogens is 2. The summed E-state index contributed by atoms with van der Waals surface area (Å²) in [6, 6.07) is 5.08. The second-order valence-corrected chi connectivity index (χ2v) is 4.34. The van der Waals surface area contributed by atoms with Crippen LogP contribution in [0.4, 0.5) is 5.69 Å². The Hall–Kier alpha value is -2.01. The van der Waals surface area contributed by atoms with E-state index in [-0.39, 0.29) is 0 Å².